The van der Waals surface area contributed by atoms with Gasteiger partial charge in [-0.1, -0.05) is 208 Å². The summed E-state index contributed by atoms with van der Waals surface area (Å²) in [5.74, 6) is 0. The fourth-order valence-electron chi connectivity index (χ4n) is 11.5. The van der Waals surface area contributed by atoms with E-state index in [9.17, 15) is 0 Å². The van der Waals surface area contributed by atoms with E-state index >= 15 is 0 Å². The van der Waals surface area contributed by atoms with Crippen molar-refractivity contribution >= 4 is 123 Å². The third-order valence-electron chi connectivity index (χ3n) is 14.8. The summed E-state index contributed by atoms with van der Waals surface area (Å²) >= 11 is 0. The molecule has 72 heavy (non-hydrogen) atoms. The Labute approximate surface area is 420 Å². The Hall–Kier alpha value is -9.50. The van der Waals surface area contributed by atoms with E-state index in [4.69, 9.17) is 0 Å². The lowest BCUT2D eigenvalue weighted by Crippen LogP contribution is -2.10. The smallest absolute Gasteiger partial charge is 0.0540 e. The second-order valence-corrected chi connectivity index (χ2v) is 18.6. The van der Waals surface area contributed by atoms with Crippen molar-refractivity contribution in [3.05, 3.63) is 267 Å². The van der Waals surface area contributed by atoms with Crippen molar-refractivity contribution in [1.82, 2.24) is 0 Å². The molecule has 0 spiro atoms. The van der Waals surface area contributed by atoms with E-state index in [-0.39, 0.29) is 0 Å². The van der Waals surface area contributed by atoms with Crippen molar-refractivity contribution in [2.24, 2.45) is 0 Å². The fourth-order valence-corrected chi connectivity index (χ4v) is 11.5. The highest BCUT2D eigenvalue weighted by Gasteiger charge is 2.30. The van der Waals surface area contributed by atoms with Crippen LogP contribution in [0.5, 0.6) is 0 Å². The lowest BCUT2D eigenvalue weighted by Gasteiger charge is -2.27. The molecular weight excluding hydrogens is 869 g/mol. The molecule has 2 heteroatoms. The van der Waals surface area contributed by atoms with Gasteiger partial charge < -0.3 is 9.80 Å². The van der Waals surface area contributed by atoms with Crippen LogP contribution in [0.4, 0.5) is 34.1 Å². The number of benzene rings is 11. The van der Waals surface area contributed by atoms with E-state index in [1.54, 1.807) is 0 Å². The van der Waals surface area contributed by atoms with Crippen LogP contribution < -0.4 is 9.80 Å². The maximum Gasteiger partial charge on any atom is 0.0540 e. The van der Waals surface area contributed by atoms with E-state index in [1.165, 1.54) is 86.9 Å². The van der Waals surface area contributed by atoms with Crippen LogP contribution in [0.15, 0.2) is 245 Å². The molecule has 338 valence electrons. The van der Waals surface area contributed by atoms with Gasteiger partial charge in [0.2, 0.25) is 0 Å². The Kier molecular flexibility index (Phi) is 10.2. The molecule has 0 amide bonds. The van der Waals surface area contributed by atoms with Crippen molar-refractivity contribution in [3.8, 4) is 22.3 Å². The van der Waals surface area contributed by atoms with E-state index in [1.807, 2.05) is 24.3 Å². The molecule has 0 saturated heterocycles. The maximum absolute atomic E-state index is 4.05. The van der Waals surface area contributed by atoms with Crippen LogP contribution in [0.25, 0.3) is 111 Å². The zero-order valence-corrected chi connectivity index (χ0v) is 39.8. The molecule has 13 aromatic rings. The molecule has 13 rings (SSSR count). The number of anilines is 6. The molecule has 0 aliphatic heterocycles. The molecule has 0 aliphatic rings. The summed E-state index contributed by atoms with van der Waals surface area (Å²) < 4.78 is 0. The van der Waals surface area contributed by atoms with E-state index in [0.29, 0.717) is 0 Å². The molecule has 0 heterocycles. The molecule has 0 N–H and O–H groups in total. The predicted molar refractivity (Wildman–Crippen MR) is 314 cm³/mol. The lowest BCUT2D eigenvalue weighted by atomic mass is 9.87. The highest BCUT2D eigenvalue weighted by Crippen LogP contribution is 2.57. The van der Waals surface area contributed by atoms with Gasteiger partial charge >= 0.3 is 0 Å². The van der Waals surface area contributed by atoms with Crippen LogP contribution in [0, 0.1) is 0 Å². The first-order valence-corrected chi connectivity index (χ1v) is 24.5. The van der Waals surface area contributed by atoms with Gasteiger partial charge in [0.25, 0.3) is 0 Å². The number of hydrogen-bond donors (Lipinski definition) is 0. The molecular formula is C70H48N2. The Bertz CT molecular complexity index is 3790. The summed E-state index contributed by atoms with van der Waals surface area (Å²) in [7, 11) is 0. The van der Waals surface area contributed by atoms with Gasteiger partial charge in [0, 0.05) is 33.5 Å². The summed E-state index contributed by atoms with van der Waals surface area (Å²) in [6, 6.07) is 80.1. The topological polar surface area (TPSA) is 6.48 Å². The molecule has 0 atom stereocenters. The minimum atomic E-state index is 1.07. The summed E-state index contributed by atoms with van der Waals surface area (Å²) in [5.41, 5.74) is 15.7. The zero-order valence-electron chi connectivity index (χ0n) is 39.8. The molecule has 0 saturated carbocycles. The Morgan fingerprint density at radius 2 is 0.514 bits per heavy atom. The SMILES string of the molecule is C=Cc1ccc(N(c2ccc(C=C)cc2)c2ccc3c4c(-c5ccccc5)c5c6cccc7c(N(c8ccc(C=C)cc8)c8ccc(C=C)cc8)ccc(c5c(-c5ccccc5)c4c4cccc2c43)c76)cc1. The molecule has 13 aromatic carbocycles. The van der Waals surface area contributed by atoms with E-state index in [2.05, 4.69) is 255 Å². The Morgan fingerprint density at radius 1 is 0.236 bits per heavy atom. The monoisotopic (exact) mass is 916 g/mol. The van der Waals surface area contributed by atoms with E-state index in [0.717, 1.165) is 56.4 Å². The molecule has 2 nitrogen and oxygen atoms in total. The van der Waals surface area contributed by atoms with Crippen molar-refractivity contribution in [2.45, 2.75) is 0 Å². The average Bonchev–Trinajstić information content (AvgIpc) is 3.97. The van der Waals surface area contributed by atoms with Crippen molar-refractivity contribution < 1.29 is 0 Å². The van der Waals surface area contributed by atoms with Crippen LogP contribution in [-0.2, 0) is 0 Å². The highest BCUT2D eigenvalue weighted by atomic mass is 15.1. The van der Waals surface area contributed by atoms with Crippen LogP contribution in [0.2, 0.25) is 0 Å². The maximum atomic E-state index is 4.05. The molecule has 0 fully saturated rings. The van der Waals surface area contributed by atoms with Crippen LogP contribution >= 0.6 is 0 Å². The van der Waals surface area contributed by atoms with Crippen LogP contribution in [0.1, 0.15) is 22.3 Å². The number of nitrogens with zero attached hydrogens (tertiary/aromatic N) is 2. The zero-order chi connectivity index (χ0) is 48.5. The van der Waals surface area contributed by atoms with Crippen LogP contribution in [-0.4, -0.2) is 0 Å². The van der Waals surface area contributed by atoms with Crippen LogP contribution in [0.3, 0.4) is 0 Å². The third-order valence-corrected chi connectivity index (χ3v) is 14.8. The number of fused-ring (bicyclic) bond motifs is 6. The lowest BCUT2D eigenvalue weighted by molar-refractivity contribution is 1.30. The first-order chi connectivity index (χ1) is 35.6. The Balaban J connectivity index is 1.17. The normalized spacial score (nSPS) is 11.6. The third kappa shape index (κ3) is 6.57. The Morgan fingerprint density at radius 3 is 0.806 bits per heavy atom. The average molecular weight is 917 g/mol. The van der Waals surface area contributed by atoms with Gasteiger partial charge in [0.15, 0.2) is 0 Å². The number of hydrogen-bond acceptors (Lipinski definition) is 2. The predicted octanol–water partition coefficient (Wildman–Crippen LogP) is 20.3. The standard InChI is InChI=1S/C70H48N2/c1-5-45-25-33-51(34-26-45)71(52-35-27-46(6-2)28-36-52)61-43-41-59-65-55(61)21-15-23-57(65)67-63(49-17-11-9-12-18-49)70-60-42-44-62(72(53-37-29-47(7-3)30-38-53)54-39-31-48(8-4)32-40-54)56-22-16-24-58(66(56)60)68(70)64(69(59)67)50-19-13-10-14-20-50/h5-44H,1-4H2. The highest BCUT2D eigenvalue weighted by molar-refractivity contribution is 6.47. The molecule has 0 radical (unpaired) electrons. The second kappa shape index (κ2) is 17.2. The van der Waals surface area contributed by atoms with Gasteiger partial charge in [-0.2, -0.15) is 0 Å². The largest absolute Gasteiger partial charge is 0.310 e. The summed E-state index contributed by atoms with van der Waals surface area (Å²) in [6.45, 7) is 16.2. The van der Waals surface area contributed by atoms with Gasteiger partial charge in [-0.3, -0.25) is 0 Å². The summed E-state index contributed by atoms with van der Waals surface area (Å²) in [4.78, 5) is 4.78. The first kappa shape index (κ1) is 42.6. The van der Waals surface area contributed by atoms with E-state index < -0.39 is 0 Å². The fraction of sp³-hybridized carbons (Fsp3) is 0. The van der Waals surface area contributed by atoms with Gasteiger partial charge in [0.05, 0.1) is 11.4 Å². The summed E-state index contributed by atoms with van der Waals surface area (Å²) in [6.07, 6.45) is 7.59. The molecule has 0 aliphatic carbocycles. The summed E-state index contributed by atoms with van der Waals surface area (Å²) in [5, 5.41) is 14.9. The quantitative estimate of drug-likeness (QED) is 0.120. The molecule has 0 aromatic heterocycles. The minimum absolute atomic E-state index is 1.07. The van der Waals surface area contributed by atoms with Gasteiger partial charge in [0.1, 0.15) is 0 Å². The van der Waals surface area contributed by atoms with Crippen molar-refractivity contribution in [3.63, 3.8) is 0 Å². The molecule has 0 bridgehead atoms. The van der Waals surface area contributed by atoms with Gasteiger partial charge in [-0.05, 0) is 159 Å². The van der Waals surface area contributed by atoms with Crippen molar-refractivity contribution in [2.75, 3.05) is 9.80 Å². The first-order valence-electron chi connectivity index (χ1n) is 24.5. The van der Waals surface area contributed by atoms with Gasteiger partial charge in [-0.25, -0.2) is 0 Å². The minimum Gasteiger partial charge on any atom is -0.310 e. The number of rotatable bonds is 12. The van der Waals surface area contributed by atoms with Crippen molar-refractivity contribution in [1.29, 1.82) is 0 Å². The second-order valence-electron chi connectivity index (χ2n) is 18.6. The molecule has 0 unspecified atom stereocenters. The van der Waals surface area contributed by atoms with Gasteiger partial charge in [-0.15, -0.1) is 0 Å².